The minimum absolute atomic E-state index is 0.116. The first-order valence-corrected chi connectivity index (χ1v) is 7.58. The molecule has 1 N–H and O–H groups in total. The summed E-state index contributed by atoms with van der Waals surface area (Å²) in [6.45, 7) is 4.58. The quantitative estimate of drug-likeness (QED) is 0.617. The van der Waals surface area contributed by atoms with E-state index in [9.17, 15) is 4.79 Å². The van der Waals surface area contributed by atoms with Gasteiger partial charge >= 0.3 is 0 Å². The molecular weight excluding hydrogens is 260 g/mol. The number of hydrogen-bond donors (Lipinski definition) is 1. The Hall–Kier alpha value is -1.49. The van der Waals surface area contributed by atoms with Crippen molar-refractivity contribution in [1.29, 1.82) is 5.41 Å². The van der Waals surface area contributed by atoms with Gasteiger partial charge in [0.05, 0.1) is 24.4 Å². The van der Waals surface area contributed by atoms with Crippen molar-refractivity contribution in [2.75, 3.05) is 23.5 Å². The second-order valence-electron chi connectivity index (χ2n) is 4.15. The number of benzene rings is 1. The number of nitrogens with one attached hydrogen (secondary N) is 1. The van der Waals surface area contributed by atoms with Gasteiger partial charge in [-0.2, -0.15) is 11.8 Å². The molecule has 1 aromatic carbocycles. The van der Waals surface area contributed by atoms with Crippen LogP contribution in [-0.2, 0) is 4.79 Å². The highest BCUT2D eigenvalue weighted by atomic mass is 32.2. The molecule has 0 unspecified atom stereocenters. The van der Waals surface area contributed by atoms with Gasteiger partial charge in [-0.05, 0) is 37.3 Å². The van der Waals surface area contributed by atoms with E-state index in [1.165, 1.54) is 16.7 Å². The summed E-state index contributed by atoms with van der Waals surface area (Å²) >= 11 is 1.44. The Labute approximate surface area is 118 Å². The van der Waals surface area contributed by atoms with E-state index in [1.807, 2.05) is 38.3 Å². The van der Waals surface area contributed by atoms with E-state index in [2.05, 4.69) is 0 Å². The first kappa shape index (κ1) is 15.6. The maximum Gasteiger partial charge on any atom is 0.242 e. The molecule has 0 saturated carbocycles. The molecule has 1 amide bonds. The van der Waals surface area contributed by atoms with Crippen LogP contribution in [0.15, 0.2) is 18.2 Å². The van der Waals surface area contributed by atoms with Crippen molar-refractivity contribution in [3.8, 4) is 5.75 Å². The molecule has 0 atom stereocenters. The van der Waals surface area contributed by atoms with Gasteiger partial charge in [-0.25, -0.2) is 0 Å². The fourth-order valence-electron chi connectivity index (χ4n) is 1.62. The number of anilines is 1. The molecule has 0 radical (unpaired) electrons. The van der Waals surface area contributed by atoms with Gasteiger partial charge in [-0.15, -0.1) is 0 Å². The number of rotatable bonds is 7. The first-order chi connectivity index (χ1) is 9.13. The fraction of sp³-hybridized carbons (Fsp3) is 0.429. The molecule has 1 rings (SSSR count). The number of thioether (sulfide) groups is 1. The van der Waals surface area contributed by atoms with Crippen LogP contribution in [0.1, 0.15) is 18.9 Å². The molecule has 0 bridgehead atoms. The summed E-state index contributed by atoms with van der Waals surface area (Å²) in [6.07, 6.45) is 3.81. The highest BCUT2D eigenvalue weighted by molar-refractivity contribution is 7.99. The number of aryl methyl sites for hydroxylation is 1. The maximum atomic E-state index is 12.0. The van der Waals surface area contributed by atoms with E-state index in [4.69, 9.17) is 10.1 Å². The second kappa shape index (κ2) is 7.84. The minimum Gasteiger partial charge on any atom is -0.491 e. The lowest BCUT2D eigenvalue weighted by molar-refractivity contribution is -0.115. The van der Waals surface area contributed by atoms with Crippen molar-refractivity contribution in [2.24, 2.45) is 0 Å². The Morgan fingerprint density at radius 1 is 1.53 bits per heavy atom. The van der Waals surface area contributed by atoms with Gasteiger partial charge in [-0.1, -0.05) is 13.0 Å². The maximum absolute atomic E-state index is 12.0. The predicted molar refractivity (Wildman–Crippen MR) is 81.6 cm³/mol. The third-order valence-corrected chi connectivity index (χ3v) is 3.04. The minimum atomic E-state index is -0.116. The Morgan fingerprint density at radius 2 is 2.26 bits per heavy atom. The van der Waals surface area contributed by atoms with Crippen molar-refractivity contribution in [3.63, 3.8) is 0 Å². The zero-order chi connectivity index (χ0) is 14.3. The smallest absolute Gasteiger partial charge is 0.242 e. The summed E-state index contributed by atoms with van der Waals surface area (Å²) in [5.41, 5.74) is 1.67. The van der Waals surface area contributed by atoms with E-state index in [0.29, 0.717) is 23.8 Å². The molecule has 104 valence electrons. The summed E-state index contributed by atoms with van der Waals surface area (Å²) in [6, 6.07) is 5.66. The van der Waals surface area contributed by atoms with E-state index >= 15 is 0 Å². The lowest BCUT2D eigenvalue weighted by Gasteiger charge is -2.20. The largest absolute Gasteiger partial charge is 0.491 e. The Bertz CT molecular complexity index is 449. The van der Waals surface area contributed by atoms with Crippen LogP contribution < -0.4 is 9.64 Å². The van der Waals surface area contributed by atoms with Gasteiger partial charge in [-0.3, -0.25) is 15.1 Å². The lowest BCUT2D eigenvalue weighted by Crippen LogP contribution is -2.31. The van der Waals surface area contributed by atoms with Crippen LogP contribution >= 0.6 is 11.8 Å². The molecule has 0 heterocycles. The predicted octanol–water partition coefficient (Wildman–Crippen LogP) is 3.09. The van der Waals surface area contributed by atoms with Crippen molar-refractivity contribution in [3.05, 3.63) is 23.8 Å². The SMILES string of the molecule is CCCOc1ccc(C)cc1N(C=N)C(=O)CSC. The summed E-state index contributed by atoms with van der Waals surface area (Å²) in [4.78, 5) is 13.4. The average molecular weight is 280 g/mol. The molecular formula is C14H20N2O2S. The normalized spacial score (nSPS) is 10.1. The van der Waals surface area contributed by atoms with Crippen molar-refractivity contribution >= 4 is 29.7 Å². The van der Waals surface area contributed by atoms with Crippen LogP contribution in [0.25, 0.3) is 0 Å². The zero-order valence-corrected chi connectivity index (χ0v) is 12.4. The van der Waals surface area contributed by atoms with Crippen LogP contribution in [0.3, 0.4) is 0 Å². The van der Waals surface area contributed by atoms with Gasteiger partial charge in [0.25, 0.3) is 0 Å². The number of carbonyl (C=O) groups is 1. The lowest BCUT2D eigenvalue weighted by atomic mass is 10.2. The van der Waals surface area contributed by atoms with Gasteiger partial charge in [0.2, 0.25) is 5.91 Å². The number of ether oxygens (including phenoxy) is 1. The van der Waals surface area contributed by atoms with E-state index < -0.39 is 0 Å². The van der Waals surface area contributed by atoms with Crippen LogP contribution in [-0.4, -0.2) is 30.9 Å². The number of hydrogen-bond acceptors (Lipinski definition) is 4. The van der Waals surface area contributed by atoms with Crippen LogP contribution in [0.5, 0.6) is 5.75 Å². The van der Waals surface area contributed by atoms with Crippen molar-refractivity contribution < 1.29 is 9.53 Å². The highest BCUT2D eigenvalue weighted by Crippen LogP contribution is 2.29. The summed E-state index contributed by atoms with van der Waals surface area (Å²) in [7, 11) is 0. The monoisotopic (exact) mass is 280 g/mol. The molecule has 0 aliphatic carbocycles. The van der Waals surface area contributed by atoms with E-state index in [-0.39, 0.29) is 5.91 Å². The zero-order valence-electron chi connectivity index (χ0n) is 11.6. The molecule has 0 aliphatic heterocycles. The summed E-state index contributed by atoms with van der Waals surface area (Å²) in [5, 5.41) is 7.47. The van der Waals surface area contributed by atoms with Gasteiger partial charge < -0.3 is 4.74 Å². The van der Waals surface area contributed by atoms with Crippen LogP contribution in [0, 0.1) is 12.3 Å². The third kappa shape index (κ3) is 4.28. The van der Waals surface area contributed by atoms with Gasteiger partial charge in [0.15, 0.2) is 0 Å². The molecule has 19 heavy (non-hydrogen) atoms. The van der Waals surface area contributed by atoms with Crippen LogP contribution in [0.4, 0.5) is 5.69 Å². The van der Waals surface area contributed by atoms with Crippen molar-refractivity contribution in [2.45, 2.75) is 20.3 Å². The molecule has 1 aromatic rings. The van der Waals surface area contributed by atoms with Crippen molar-refractivity contribution in [1.82, 2.24) is 0 Å². The van der Waals surface area contributed by atoms with Gasteiger partial charge in [0, 0.05) is 0 Å². The Morgan fingerprint density at radius 3 is 2.84 bits per heavy atom. The summed E-state index contributed by atoms with van der Waals surface area (Å²) in [5.74, 6) is 0.871. The summed E-state index contributed by atoms with van der Waals surface area (Å²) < 4.78 is 5.65. The number of nitrogens with zero attached hydrogens (tertiary/aromatic N) is 1. The Kier molecular flexibility index (Phi) is 6.42. The first-order valence-electron chi connectivity index (χ1n) is 6.19. The van der Waals surface area contributed by atoms with E-state index in [1.54, 1.807) is 0 Å². The topological polar surface area (TPSA) is 53.4 Å². The van der Waals surface area contributed by atoms with Crippen LogP contribution in [0.2, 0.25) is 0 Å². The molecule has 5 heteroatoms. The molecule has 0 spiro atoms. The number of carbonyl (C=O) groups excluding carboxylic acids is 1. The number of amides is 1. The third-order valence-electron chi connectivity index (χ3n) is 2.50. The van der Waals surface area contributed by atoms with Gasteiger partial charge in [0.1, 0.15) is 5.75 Å². The molecule has 0 aromatic heterocycles. The fourth-order valence-corrected chi connectivity index (χ4v) is 2.00. The second-order valence-corrected chi connectivity index (χ2v) is 5.01. The molecule has 0 fully saturated rings. The molecule has 0 aliphatic rings. The molecule has 0 saturated heterocycles. The molecule has 4 nitrogen and oxygen atoms in total. The highest BCUT2D eigenvalue weighted by Gasteiger charge is 2.17. The average Bonchev–Trinajstić information content (AvgIpc) is 2.39. The Balaban J connectivity index is 3.09. The van der Waals surface area contributed by atoms with E-state index in [0.717, 1.165) is 18.3 Å². The standard InChI is InChI=1S/C14H20N2O2S/c1-4-7-18-13-6-5-11(2)8-12(13)16(10-15)14(17)9-19-3/h5-6,8,10,15H,4,7,9H2,1-3H3.